The Balaban J connectivity index is 1.48. The molecule has 154 valence electrons. The normalized spacial score (nSPS) is 16.6. The van der Waals surface area contributed by atoms with Gasteiger partial charge in [0.2, 0.25) is 11.9 Å². The van der Waals surface area contributed by atoms with Gasteiger partial charge < -0.3 is 20.3 Å². The zero-order valence-corrected chi connectivity index (χ0v) is 16.7. The molecule has 0 radical (unpaired) electrons. The van der Waals surface area contributed by atoms with Gasteiger partial charge in [0, 0.05) is 48.7 Å². The highest BCUT2D eigenvalue weighted by molar-refractivity contribution is 5.95. The van der Waals surface area contributed by atoms with Crippen molar-refractivity contribution < 1.29 is 9.53 Å². The molecule has 3 N–H and O–H groups in total. The van der Waals surface area contributed by atoms with E-state index in [-0.39, 0.29) is 17.9 Å². The van der Waals surface area contributed by atoms with Gasteiger partial charge in [-0.1, -0.05) is 6.07 Å². The molecule has 1 amide bonds. The highest BCUT2D eigenvalue weighted by Gasteiger charge is 2.24. The molecule has 0 saturated carbocycles. The number of benzene rings is 1. The minimum absolute atomic E-state index is 0.00704. The number of carbonyl (C=O) groups is 1. The van der Waals surface area contributed by atoms with E-state index < -0.39 is 0 Å². The molecule has 0 bridgehead atoms. The minimum Gasteiger partial charge on any atom is -0.398 e. The van der Waals surface area contributed by atoms with Crippen LogP contribution in [0.25, 0.3) is 0 Å². The van der Waals surface area contributed by atoms with E-state index in [1.807, 2.05) is 30.0 Å². The van der Waals surface area contributed by atoms with Crippen LogP contribution in [0.2, 0.25) is 0 Å². The predicted molar refractivity (Wildman–Crippen MR) is 112 cm³/mol. The monoisotopic (exact) mass is 397 g/mol. The predicted octanol–water partition coefficient (Wildman–Crippen LogP) is 1.41. The molecule has 29 heavy (non-hydrogen) atoms. The average molecular weight is 397 g/mol. The number of morpholine rings is 1. The summed E-state index contributed by atoms with van der Waals surface area (Å²) in [5, 5.41) is 0. The highest BCUT2D eigenvalue weighted by Crippen LogP contribution is 2.31. The van der Waals surface area contributed by atoms with Crippen LogP contribution in [0.5, 0.6) is 0 Å². The van der Waals surface area contributed by atoms with E-state index in [4.69, 9.17) is 10.5 Å². The van der Waals surface area contributed by atoms with Gasteiger partial charge in [0.15, 0.2) is 0 Å². The van der Waals surface area contributed by atoms with E-state index in [0.717, 1.165) is 29.8 Å². The first-order valence-electron chi connectivity index (χ1n) is 10.1. The topological polar surface area (TPSA) is 105 Å². The SMILES string of the molecule is Cc1nc(N2CCOCC2)[nH]c(=O)c1CCC(=O)N1CCCc2c(N)cccc21. The Kier molecular flexibility index (Phi) is 5.53. The van der Waals surface area contributed by atoms with Crippen molar-refractivity contribution in [2.75, 3.05) is 48.4 Å². The fourth-order valence-electron chi connectivity index (χ4n) is 4.09. The lowest BCUT2D eigenvalue weighted by atomic mass is 9.99. The van der Waals surface area contributed by atoms with Crippen LogP contribution in [-0.4, -0.2) is 48.7 Å². The second kappa shape index (κ2) is 8.24. The maximum atomic E-state index is 12.9. The number of hydrogen-bond acceptors (Lipinski definition) is 6. The van der Waals surface area contributed by atoms with Crippen LogP contribution in [0.3, 0.4) is 0 Å². The van der Waals surface area contributed by atoms with Crippen molar-refractivity contribution in [3.05, 3.63) is 45.4 Å². The third kappa shape index (κ3) is 3.98. The average Bonchev–Trinajstić information content (AvgIpc) is 2.73. The van der Waals surface area contributed by atoms with Gasteiger partial charge in [-0.15, -0.1) is 0 Å². The van der Waals surface area contributed by atoms with Crippen LogP contribution in [0.1, 0.15) is 29.7 Å². The van der Waals surface area contributed by atoms with Crippen molar-refractivity contribution in [3.63, 3.8) is 0 Å². The van der Waals surface area contributed by atoms with Gasteiger partial charge in [0.25, 0.3) is 5.56 Å². The van der Waals surface area contributed by atoms with E-state index in [1.54, 1.807) is 4.90 Å². The van der Waals surface area contributed by atoms with E-state index >= 15 is 0 Å². The molecule has 0 aliphatic carbocycles. The molecule has 4 rings (SSSR count). The van der Waals surface area contributed by atoms with Gasteiger partial charge in [0.05, 0.1) is 13.2 Å². The van der Waals surface area contributed by atoms with E-state index in [9.17, 15) is 9.59 Å². The maximum absolute atomic E-state index is 12.9. The van der Waals surface area contributed by atoms with Crippen LogP contribution < -0.4 is 21.1 Å². The molecule has 0 atom stereocenters. The van der Waals surface area contributed by atoms with Crippen LogP contribution in [0.4, 0.5) is 17.3 Å². The summed E-state index contributed by atoms with van der Waals surface area (Å²) in [6, 6.07) is 5.69. The fraction of sp³-hybridized carbons (Fsp3) is 0.476. The molecule has 8 nitrogen and oxygen atoms in total. The number of nitrogens with zero attached hydrogens (tertiary/aromatic N) is 3. The zero-order chi connectivity index (χ0) is 20.4. The summed E-state index contributed by atoms with van der Waals surface area (Å²) in [6.45, 7) is 5.17. The van der Waals surface area contributed by atoms with E-state index in [0.29, 0.717) is 56.5 Å². The van der Waals surface area contributed by atoms with Crippen molar-refractivity contribution >= 4 is 23.2 Å². The molecule has 2 aliphatic heterocycles. The first-order valence-corrected chi connectivity index (χ1v) is 10.1. The lowest BCUT2D eigenvalue weighted by molar-refractivity contribution is -0.118. The van der Waals surface area contributed by atoms with Crippen molar-refractivity contribution in [1.82, 2.24) is 9.97 Å². The van der Waals surface area contributed by atoms with Gasteiger partial charge in [-0.2, -0.15) is 0 Å². The number of anilines is 3. The second-order valence-corrected chi connectivity index (χ2v) is 7.55. The Morgan fingerprint density at radius 2 is 2.07 bits per heavy atom. The smallest absolute Gasteiger partial charge is 0.255 e. The van der Waals surface area contributed by atoms with Gasteiger partial charge in [0.1, 0.15) is 0 Å². The highest BCUT2D eigenvalue weighted by atomic mass is 16.5. The summed E-state index contributed by atoms with van der Waals surface area (Å²) in [5.74, 6) is 0.582. The number of nitrogens with two attached hydrogens (primary N) is 1. The maximum Gasteiger partial charge on any atom is 0.255 e. The van der Waals surface area contributed by atoms with Gasteiger partial charge in [-0.25, -0.2) is 4.98 Å². The lowest BCUT2D eigenvalue weighted by Gasteiger charge is -2.30. The second-order valence-electron chi connectivity index (χ2n) is 7.55. The number of aryl methyl sites for hydroxylation is 1. The lowest BCUT2D eigenvalue weighted by Crippen LogP contribution is -2.39. The van der Waals surface area contributed by atoms with E-state index in [2.05, 4.69) is 9.97 Å². The largest absolute Gasteiger partial charge is 0.398 e. The summed E-state index contributed by atoms with van der Waals surface area (Å²) >= 11 is 0. The Morgan fingerprint density at radius 3 is 2.83 bits per heavy atom. The van der Waals surface area contributed by atoms with Crippen molar-refractivity contribution in [1.29, 1.82) is 0 Å². The van der Waals surface area contributed by atoms with Crippen LogP contribution in [0, 0.1) is 6.92 Å². The van der Waals surface area contributed by atoms with Crippen molar-refractivity contribution in [3.8, 4) is 0 Å². The Bertz CT molecular complexity index is 965. The molecular weight excluding hydrogens is 370 g/mol. The number of nitrogens with one attached hydrogen (secondary N) is 1. The molecule has 2 aliphatic rings. The van der Waals surface area contributed by atoms with Crippen molar-refractivity contribution in [2.45, 2.75) is 32.6 Å². The van der Waals surface area contributed by atoms with Crippen LogP contribution in [-0.2, 0) is 22.4 Å². The Morgan fingerprint density at radius 1 is 1.28 bits per heavy atom. The molecule has 0 unspecified atom stereocenters. The first-order chi connectivity index (χ1) is 14.0. The number of nitrogen functional groups attached to an aromatic ring is 1. The van der Waals surface area contributed by atoms with Crippen LogP contribution in [0.15, 0.2) is 23.0 Å². The third-order valence-electron chi connectivity index (χ3n) is 5.70. The fourth-order valence-corrected chi connectivity index (χ4v) is 4.09. The Hall–Kier alpha value is -2.87. The van der Waals surface area contributed by atoms with Crippen LogP contribution >= 0.6 is 0 Å². The summed E-state index contributed by atoms with van der Waals surface area (Å²) in [5.41, 5.74) is 9.82. The summed E-state index contributed by atoms with van der Waals surface area (Å²) in [4.78, 5) is 36.8. The molecule has 8 heteroatoms. The van der Waals surface area contributed by atoms with Gasteiger partial charge in [-0.3, -0.25) is 14.6 Å². The van der Waals surface area contributed by atoms with E-state index in [1.165, 1.54) is 0 Å². The number of hydrogen-bond donors (Lipinski definition) is 2. The number of aromatic amines is 1. The van der Waals surface area contributed by atoms with Gasteiger partial charge in [-0.05, 0) is 43.9 Å². The molecule has 2 aromatic rings. The molecule has 3 heterocycles. The number of amides is 1. The molecule has 1 aromatic heterocycles. The van der Waals surface area contributed by atoms with Crippen molar-refractivity contribution in [2.24, 2.45) is 0 Å². The summed E-state index contributed by atoms with van der Waals surface area (Å²) in [6.07, 6.45) is 2.40. The first kappa shape index (κ1) is 19.4. The number of aromatic nitrogens is 2. The third-order valence-corrected chi connectivity index (χ3v) is 5.70. The molecule has 0 spiro atoms. The standard InChI is InChI=1S/C21H27N5O3/c1-14-15(20(28)24-21(23-14)25-10-12-29-13-11-25)7-8-19(27)26-9-3-4-16-17(22)5-2-6-18(16)26/h2,5-6H,3-4,7-13,22H2,1H3,(H,23,24,28). The summed E-state index contributed by atoms with van der Waals surface area (Å²) < 4.78 is 5.35. The number of carbonyl (C=O) groups excluding carboxylic acids is 1. The molecule has 1 aromatic carbocycles. The number of ether oxygens (including phenoxy) is 1. The number of H-pyrrole nitrogens is 1. The minimum atomic E-state index is -0.171. The Labute approximate surface area is 169 Å². The summed E-state index contributed by atoms with van der Waals surface area (Å²) in [7, 11) is 0. The molecule has 1 saturated heterocycles. The zero-order valence-electron chi connectivity index (χ0n) is 16.7. The quantitative estimate of drug-likeness (QED) is 0.756. The molecular formula is C21H27N5O3. The van der Waals surface area contributed by atoms with Gasteiger partial charge >= 0.3 is 0 Å². The number of rotatable bonds is 4. The molecule has 1 fully saturated rings. The number of fused-ring (bicyclic) bond motifs is 1.